The van der Waals surface area contributed by atoms with Crippen LogP contribution >= 0.6 is 11.3 Å². The number of thiazole rings is 1. The molecule has 0 unspecified atom stereocenters. The summed E-state index contributed by atoms with van der Waals surface area (Å²) in [4.78, 5) is 19.8. The van der Waals surface area contributed by atoms with E-state index in [0.717, 1.165) is 41.0 Å². The Hall–Kier alpha value is -2.76. The van der Waals surface area contributed by atoms with Crippen molar-refractivity contribution in [3.63, 3.8) is 0 Å². The highest BCUT2D eigenvalue weighted by molar-refractivity contribution is 7.18. The van der Waals surface area contributed by atoms with Gasteiger partial charge < -0.3 is 5.32 Å². The molecule has 4 aromatic rings. The van der Waals surface area contributed by atoms with E-state index in [1.807, 2.05) is 42.5 Å². The number of nitrogens with zero attached hydrogens (tertiary/aromatic N) is 2. The number of amides is 1. The van der Waals surface area contributed by atoms with Crippen molar-refractivity contribution >= 4 is 43.9 Å². The monoisotopic (exact) mass is 387 g/mol. The van der Waals surface area contributed by atoms with Crippen LogP contribution in [-0.4, -0.2) is 28.9 Å². The van der Waals surface area contributed by atoms with Crippen molar-refractivity contribution in [2.45, 2.75) is 18.9 Å². The number of hydrogen-bond donors (Lipinski definition) is 1. The summed E-state index contributed by atoms with van der Waals surface area (Å²) in [5.41, 5.74) is 1.90. The molecule has 0 spiro atoms. The Kier molecular flexibility index (Phi) is 4.55. The summed E-state index contributed by atoms with van der Waals surface area (Å²) in [6.07, 6.45) is 2.16. The number of benzene rings is 3. The minimum absolute atomic E-state index is 0.0308. The van der Waals surface area contributed by atoms with E-state index in [2.05, 4.69) is 34.5 Å². The van der Waals surface area contributed by atoms with Gasteiger partial charge in [0.15, 0.2) is 0 Å². The first kappa shape index (κ1) is 17.3. The molecule has 140 valence electrons. The highest BCUT2D eigenvalue weighted by atomic mass is 32.1. The van der Waals surface area contributed by atoms with E-state index in [1.54, 1.807) is 11.3 Å². The molecule has 1 atom stereocenters. The number of aromatic nitrogens is 1. The summed E-state index contributed by atoms with van der Waals surface area (Å²) >= 11 is 1.75. The second kappa shape index (κ2) is 7.34. The standard InChI is InChI=1S/C23H21N3OS/c27-22(24-18-12-11-16-6-1-2-7-17(16)14-18)15-26-13-5-9-20(26)23-25-19-8-3-4-10-21(19)28-23/h1-4,6-8,10-12,14,20H,5,9,13,15H2,(H,24,27)/t20-/m1/s1. The molecule has 0 aliphatic carbocycles. The van der Waals surface area contributed by atoms with Crippen LogP contribution in [0.3, 0.4) is 0 Å². The fraction of sp³-hybridized carbons (Fsp3) is 0.217. The molecule has 2 heterocycles. The molecule has 5 rings (SSSR count). The third-order valence-electron chi connectivity index (χ3n) is 5.34. The maximum atomic E-state index is 12.7. The smallest absolute Gasteiger partial charge is 0.238 e. The summed E-state index contributed by atoms with van der Waals surface area (Å²) in [6.45, 7) is 1.33. The fourth-order valence-electron chi connectivity index (χ4n) is 3.98. The lowest BCUT2D eigenvalue weighted by atomic mass is 10.1. The van der Waals surface area contributed by atoms with Gasteiger partial charge in [0.05, 0.1) is 22.8 Å². The maximum Gasteiger partial charge on any atom is 0.238 e. The van der Waals surface area contributed by atoms with Gasteiger partial charge in [0, 0.05) is 5.69 Å². The van der Waals surface area contributed by atoms with Crippen molar-refractivity contribution < 1.29 is 4.79 Å². The summed E-state index contributed by atoms with van der Waals surface area (Å²) in [5.74, 6) is 0.0308. The van der Waals surface area contributed by atoms with Crippen molar-refractivity contribution in [1.29, 1.82) is 0 Å². The van der Waals surface area contributed by atoms with Gasteiger partial charge >= 0.3 is 0 Å². The number of rotatable bonds is 4. The van der Waals surface area contributed by atoms with E-state index in [9.17, 15) is 4.79 Å². The zero-order chi connectivity index (χ0) is 18.9. The van der Waals surface area contributed by atoms with Crippen molar-refractivity contribution in [3.05, 3.63) is 71.7 Å². The van der Waals surface area contributed by atoms with Gasteiger partial charge in [0.1, 0.15) is 5.01 Å². The van der Waals surface area contributed by atoms with Crippen LogP contribution in [0.4, 0.5) is 5.69 Å². The second-order valence-corrected chi connectivity index (χ2v) is 8.32. The molecule has 5 heteroatoms. The maximum absolute atomic E-state index is 12.7. The van der Waals surface area contributed by atoms with Crippen molar-refractivity contribution in [3.8, 4) is 0 Å². The zero-order valence-corrected chi connectivity index (χ0v) is 16.3. The predicted molar refractivity (Wildman–Crippen MR) is 116 cm³/mol. The molecule has 1 amide bonds. The molecular weight excluding hydrogens is 366 g/mol. The van der Waals surface area contributed by atoms with Gasteiger partial charge in [-0.2, -0.15) is 0 Å². The van der Waals surface area contributed by atoms with Crippen molar-refractivity contribution in [1.82, 2.24) is 9.88 Å². The minimum Gasteiger partial charge on any atom is -0.325 e. The van der Waals surface area contributed by atoms with Crippen LogP contribution in [0, 0.1) is 0 Å². The third-order valence-corrected chi connectivity index (χ3v) is 6.48. The van der Waals surface area contributed by atoms with Gasteiger partial charge in [-0.1, -0.05) is 42.5 Å². The van der Waals surface area contributed by atoms with Gasteiger partial charge in [-0.15, -0.1) is 11.3 Å². The SMILES string of the molecule is O=C(CN1CCC[C@@H]1c1nc2ccccc2s1)Nc1ccc2ccccc2c1. The Morgan fingerprint density at radius 1 is 1.07 bits per heavy atom. The van der Waals surface area contributed by atoms with Crippen LogP contribution in [0.5, 0.6) is 0 Å². The number of hydrogen-bond acceptors (Lipinski definition) is 4. The molecule has 1 aliphatic rings. The van der Waals surface area contributed by atoms with Crippen LogP contribution in [0.15, 0.2) is 66.7 Å². The van der Waals surface area contributed by atoms with Gasteiger partial charge in [0.25, 0.3) is 0 Å². The lowest BCUT2D eigenvalue weighted by Gasteiger charge is -2.22. The molecule has 0 radical (unpaired) electrons. The average Bonchev–Trinajstić information content (AvgIpc) is 3.34. The Bertz CT molecular complexity index is 1120. The number of nitrogens with one attached hydrogen (secondary N) is 1. The first-order valence-corrected chi connectivity index (χ1v) is 10.5. The second-order valence-electron chi connectivity index (χ2n) is 7.26. The van der Waals surface area contributed by atoms with E-state index >= 15 is 0 Å². The molecule has 1 aromatic heterocycles. The molecule has 1 saturated heterocycles. The Balaban J connectivity index is 1.30. The van der Waals surface area contributed by atoms with E-state index in [4.69, 9.17) is 4.98 Å². The lowest BCUT2D eigenvalue weighted by Crippen LogP contribution is -2.32. The van der Waals surface area contributed by atoms with E-state index in [0.29, 0.717) is 6.54 Å². The topological polar surface area (TPSA) is 45.2 Å². The first-order chi connectivity index (χ1) is 13.8. The highest BCUT2D eigenvalue weighted by Crippen LogP contribution is 2.36. The summed E-state index contributed by atoms with van der Waals surface area (Å²) in [7, 11) is 0. The van der Waals surface area contributed by atoms with E-state index < -0.39 is 0 Å². The number of anilines is 1. The molecule has 1 N–H and O–H groups in total. The number of likely N-dealkylation sites (tertiary alicyclic amines) is 1. The largest absolute Gasteiger partial charge is 0.325 e. The molecule has 1 aliphatic heterocycles. The summed E-state index contributed by atoms with van der Waals surface area (Å²) in [6, 6.07) is 22.7. The van der Waals surface area contributed by atoms with Crippen molar-refractivity contribution in [2.24, 2.45) is 0 Å². The van der Waals surface area contributed by atoms with Gasteiger partial charge in [-0.05, 0) is 54.4 Å². The lowest BCUT2D eigenvalue weighted by molar-refractivity contribution is -0.117. The van der Waals surface area contributed by atoms with E-state index in [1.165, 1.54) is 10.1 Å². The van der Waals surface area contributed by atoms with Gasteiger partial charge in [-0.25, -0.2) is 4.98 Å². The van der Waals surface area contributed by atoms with E-state index in [-0.39, 0.29) is 11.9 Å². The van der Waals surface area contributed by atoms with Crippen LogP contribution in [0.2, 0.25) is 0 Å². The molecule has 0 bridgehead atoms. The molecular formula is C23H21N3OS. The first-order valence-electron chi connectivity index (χ1n) is 9.64. The minimum atomic E-state index is 0.0308. The number of para-hydroxylation sites is 1. The van der Waals surface area contributed by atoms with Crippen LogP contribution in [0.1, 0.15) is 23.9 Å². The summed E-state index contributed by atoms with van der Waals surface area (Å²) in [5, 5.41) is 6.49. The number of carbonyl (C=O) groups is 1. The Morgan fingerprint density at radius 2 is 1.89 bits per heavy atom. The molecule has 0 saturated carbocycles. The van der Waals surface area contributed by atoms with Crippen LogP contribution in [0.25, 0.3) is 21.0 Å². The number of fused-ring (bicyclic) bond motifs is 2. The number of carbonyl (C=O) groups excluding carboxylic acids is 1. The molecule has 3 aromatic carbocycles. The Labute approximate surface area is 167 Å². The average molecular weight is 388 g/mol. The van der Waals surface area contributed by atoms with Crippen LogP contribution < -0.4 is 5.32 Å². The molecule has 4 nitrogen and oxygen atoms in total. The van der Waals surface area contributed by atoms with Crippen molar-refractivity contribution in [2.75, 3.05) is 18.4 Å². The fourth-order valence-corrected chi connectivity index (χ4v) is 5.12. The van der Waals surface area contributed by atoms with Crippen LogP contribution in [-0.2, 0) is 4.79 Å². The molecule has 28 heavy (non-hydrogen) atoms. The zero-order valence-electron chi connectivity index (χ0n) is 15.5. The molecule has 1 fully saturated rings. The quantitative estimate of drug-likeness (QED) is 0.522. The third kappa shape index (κ3) is 3.39. The van der Waals surface area contributed by atoms with Gasteiger partial charge in [-0.3, -0.25) is 9.69 Å². The predicted octanol–water partition coefficient (Wildman–Crippen LogP) is 5.23. The van der Waals surface area contributed by atoms with Gasteiger partial charge in [0.2, 0.25) is 5.91 Å². The Morgan fingerprint density at radius 3 is 2.79 bits per heavy atom. The highest BCUT2D eigenvalue weighted by Gasteiger charge is 2.30. The normalized spacial score (nSPS) is 17.4. The summed E-state index contributed by atoms with van der Waals surface area (Å²) < 4.78 is 1.21.